The maximum Gasteiger partial charge on any atom is 0.215 e. The van der Waals surface area contributed by atoms with Crippen molar-refractivity contribution in [2.75, 3.05) is 76.2 Å². The molecule has 0 bridgehead atoms. The molecule has 3 fully saturated rings. The highest BCUT2D eigenvalue weighted by atomic mass is 127. The van der Waals surface area contributed by atoms with E-state index in [1.165, 1.54) is 38.9 Å². The quantitative estimate of drug-likeness (QED) is 0.296. The number of nitrogens with one attached hydrogen (secondary N) is 1. The lowest BCUT2D eigenvalue weighted by atomic mass is 10.1. The Balaban J connectivity index is 0.00000280. The van der Waals surface area contributed by atoms with E-state index >= 15 is 0 Å². The van der Waals surface area contributed by atoms with E-state index in [0.717, 1.165) is 37.1 Å². The zero-order valence-corrected chi connectivity index (χ0v) is 21.0. The second-order valence-electron chi connectivity index (χ2n) is 7.67. The number of aliphatic imine (C=N–C) groups is 1. The number of nitrogens with zero attached hydrogens (tertiary/aromatic N) is 4. The van der Waals surface area contributed by atoms with Gasteiger partial charge in [0.25, 0.3) is 0 Å². The number of halogens is 1. The molecule has 28 heavy (non-hydrogen) atoms. The summed E-state index contributed by atoms with van der Waals surface area (Å²) in [6.45, 7) is 10.2. The lowest BCUT2D eigenvalue weighted by Crippen LogP contribution is -2.42. The van der Waals surface area contributed by atoms with Crippen molar-refractivity contribution in [3.8, 4) is 0 Å². The lowest BCUT2D eigenvalue weighted by molar-refractivity contribution is 0.281. The average Bonchev–Trinajstić information content (AvgIpc) is 3.34. The van der Waals surface area contributed by atoms with Crippen LogP contribution in [0.2, 0.25) is 0 Å². The smallest absolute Gasteiger partial charge is 0.215 e. The molecule has 1 unspecified atom stereocenters. The van der Waals surface area contributed by atoms with Gasteiger partial charge in [0.1, 0.15) is 0 Å². The number of hydrogen-bond donors (Lipinski definition) is 1. The topological polar surface area (TPSA) is 68.2 Å². The number of thioether (sulfide) groups is 1. The third kappa shape index (κ3) is 7.17. The van der Waals surface area contributed by atoms with Gasteiger partial charge >= 0.3 is 0 Å². The Morgan fingerprint density at radius 3 is 2.54 bits per heavy atom. The first-order valence-corrected chi connectivity index (χ1v) is 13.2. The second kappa shape index (κ2) is 12.2. The van der Waals surface area contributed by atoms with Crippen molar-refractivity contribution in [2.45, 2.75) is 26.2 Å². The zero-order chi connectivity index (χ0) is 19.1. The van der Waals surface area contributed by atoms with Crippen LogP contribution < -0.4 is 5.32 Å². The number of guanidine groups is 1. The average molecular weight is 546 g/mol. The van der Waals surface area contributed by atoms with Gasteiger partial charge in [0.15, 0.2) is 5.96 Å². The zero-order valence-electron chi connectivity index (χ0n) is 17.0. The van der Waals surface area contributed by atoms with Crippen LogP contribution in [0.4, 0.5) is 0 Å². The minimum atomic E-state index is -3.18. The molecule has 10 heteroatoms. The van der Waals surface area contributed by atoms with E-state index in [1.807, 2.05) is 11.8 Å². The van der Waals surface area contributed by atoms with E-state index in [4.69, 9.17) is 0 Å². The van der Waals surface area contributed by atoms with Gasteiger partial charge in [-0.1, -0.05) is 0 Å². The molecule has 0 aromatic heterocycles. The van der Waals surface area contributed by atoms with Crippen LogP contribution in [0.5, 0.6) is 0 Å². The first kappa shape index (κ1) is 24.5. The van der Waals surface area contributed by atoms with Crippen LogP contribution in [0, 0.1) is 5.92 Å². The van der Waals surface area contributed by atoms with Crippen molar-refractivity contribution in [3.05, 3.63) is 0 Å². The van der Waals surface area contributed by atoms with Gasteiger partial charge in [-0.05, 0) is 45.2 Å². The minimum Gasteiger partial charge on any atom is -0.357 e. The van der Waals surface area contributed by atoms with Crippen LogP contribution in [0.15, 0.2) is 4.99 Å². The molecule has 7 nitrogen and oxygen atoms in total. The van der Waals surface area contributed by atoms with Gasteiger partial charge in [-0.25, -0.2) is 12.7 Å². The number of likely N-dealkylation sites (tertiary alicyclic amines) is 2. The first-order chi connectivity index (χ1) is 13.1. The fraction of sp³-hybridized carbons (Fsp3) is 0.944. The molecule has 3 aliphatic rings. The molecule has 1 N–H and O–H groups in total. The Kier molecular flexibility index (Phi) is 10.6. The van der Waals surface area contributed by atoms with Crippen LogP contribution in [0.25, 0.3) is 0 Å². The normalized spacial score (nSPS) is 25.1. The van der Waals surface area contributed by atoms with E-state index in [1.54, 1.807) is 4.31 Å². The van der Waals surface area contributed by atoms with Crippen LogP contribution in [-0.4, -0.2) is 105 Å². The van der Waals surface area contributed by atoms with Crippen LogP contribution in [-0.2, 0) is 10.0 Å². The Bertz CT molecular complexity index is 593. The summed E-state index contributed by atoms with van der Waals surface area (Å²) in [5.74, 6) is 3.49. The summed E-state index contributed by atoms with van der Waals surface area (Å²) >= 11 is 1.82. The molecule has 3 aliphatic heterocycles. The van der Waals surface area contributed by atoms with Crippen molar-refractivity contribution in [3.63, 3.8) is 0 Å². The largest absolute Gasteiger partial charge is 0.357 e. The molecule has 0 amide bonds. The molecule has 3 saturated heterocycles. The Labute approximate surface area is 192 Å². The van der Waals surface area contributed by atoms with Gasteiger partial charge in [-0.2, -0.15) is 11.8 Å². The highest BCUT2D eigenvalue weighted by Crippen LogP contribution is 2.20. The molecule has 3 heterocycles. The number of hydrogen-bond acceptors (Lipinski definition) is 5. The monoisotopic (exact) mass is 545 g/mol. The molecule has 164 valence electrons. The third-order valence-corrected chi connectivity index (χ3v) is 8.40. The van der Waals surface area contributed by atoms with Crippen molar-refractivity contribution in [2.24, 2.45) is 10.9 Å². The summed E-state index contributed by atoms with van der Waals surface area (Å²) in [6, 6.07) is 0. The Morgan fingerprint density at radius 1 is 1.14 bits per heavy atom. The van der Waals surface area contributed by atoms with Gasteiger partial charge in [0, 0.05) is 50.8 Å². The van der Waals surface area contributed by atoms with Gasteiger partial charge in [0.05, 0.1) is 12.3 Å². The molecule has 0 saturated carbocycles. The summed E-state index contributed by atoms with van der Waals surface area (Å²) in [7, 11) is -3.18. The molecular weight excluding hydrogens is 509 g/mol. The van der Waals surface area contributed by atoms with Gasteiger partial charge in [0.2, 0.25) is 10.0 Å². The highest BCUT2D eigenvalue weighted by molar-refractivity contribution is 14.0. The molecule has 3 rings (SSSR count). The van der Waals surface area contributed by atoms with Crippen molar-refractivity contribution >= 4 is 51.7 Å². The van der Waals surface area contributed by atoms with Gasteiger partial charge in [-0.3, -0.25) is 4.99 Å². The predicted octanol–water partition coefficient (Wildman–Crippen LogP) is 1.37. The van der Waals surface area contributed by atoms with Gasteiger partial charge in [-0.15, -0.1) is 24.0 Å². The van der Waals surface area contributed by atoms with Crippen LogP contribution in [0.3, 0.4) is 0 Å². The maximum absolute atomic E-state index is 12.5. The van der Waals surface area contributed by atoms with E-state index in [9.17, 15) is 8.42 Å². The standard InChI is InChI=1S/C18H35N5O2S2.HI/c1-2-19-18(20-6-14-27(24,25)23-10-12-26-13-11-23)22-9-5-17(16-22)15-21-7-3-4-8-21;/h17H,2-16H2,1H3,(H,19,20);1H. The summed E-state index contributed by atoms with van der Waals surface area (Å²) in [6.07, 6.45) is 3.88. The summed E-state index contributed by atoms with van der Waals surface area (Å²) in [5.41, 5.74) is 0. The molecule has 0 radical (unpaired) electrons. The minimum absolute atomic E-state index is 0. The fourth-order valence-corrected chi connectivity index (χ4v) is 6.60. The number of rotatable bonds is 7. The first-order valence-electron chi connectivity index (χ1n) is 10.4. The third-order valence-electron chi connectivity index (χ3n) is 5.61. The summed E-state index contributed by atoms with van der Waals surface area (Å²) < 4.78 is 26.6. The Hall–Kier alpha value is 0.220. The maximum atomic E-state index is 12.5. The molecule has 0 aromatic rings. The molecular formula is C18H36IN5O2S2. The van der Waals surface area contributed by atoms with E-state index in [-0.39, 0.29) is 29.7 Å². The summed E-state index contributed by atoms with van der Waals surface area (Å²) in [4.78, 5) is 9.55. The van der Waals surface area contributed by atoms with Gasteiger partial charge < -0.3 is 15.1 Å². The second-order valence-corrected chi connectivity index (χ2v) is 11.0. The molecule has 0 spiro atoms. The predicted molar refractivity (Wildman–Crippen MR) is 129 cm³/mol. The van der Waals surface area contributed by atoms with Crippen LogP contribution >= 0.6 is 35.7 Å². The highest BCUT2D eigenvalue weighted by Gasteiger charge is 2.28. The van der Waals surface area contributed by atoms with Crippen molar-refractivity contribution < 1.29 is 8.42 Å². The van der Waals surface area contributed by atoms with E-state index in [0.29, 0.717) is 25.6 Å². The van der Waals surface area contributed by atoms with E-state index < -0.39 is 10.0 Å². The summed E-state index contributed by atoms with van der Waals surface area (Å²) in [5, 5.41) is 3.36. The van der Waals surface area contributed by atoms with E-state index in [2.05, 4.69) is 27.0 Å². The Morgan fingerprint density at radius 2 is 1.86 bits per heavy atom. The molecule has 0 aromatic carbocycles. The van der Waals surface area contributed by atoms with Crippen molar-refractivity contribution in [1.29, 1.82) is 0 Å². The fourth-order valence-electron chi connectivity index (χ4n) is 4.15. The SMILES string of the molecule is CCNC(=NCCS(=O)(=O)N1CCSCC1)N1CCC(CN2CCCC2)C1.I. The van der Waals surface area contributed by atoms with Crippen molar-refractivity contribution in [1.82, 2.24) is 19.4 Å². The van der Waals surface area contributed by atoms with Crippen LogP contribution in [0.1, 0.15) is 26.2 Å². The lowest BCUT2D eigenvalue weighted by Gasteiger charge is -2.26. The molecule has 1 atom stereocenters. The molecule has 0 aliphatic carbocycles. The number of sulfonamides is 1.